The SMILES string of the molecule is O=C(Nc1ccccc1S)c1cc(Cl)ccc1Cl. The lowest BCUT2D eigenvalue weighted by atomic mass is 10.2. The fourth-order valence-corrected chi connectivity index (χ4v) is 2.03. The average molecular weight is 298 g/mol. The van der Waals surface area contributed by atoms with E-state index in [0.717, 1.165) is 0 Å². The van der Waals surface area contributed by atoms with Gasteiger partial charge in [-0.25, -0.2) is 0 Å². The standard InChI is InChI=1S/C13H9Cl2NOS/c14-8-5-6-10(15)9(7-8)13(17)16-11-3-1-2-4-12(11)18/h1-7,18H,(H,16,17). The van der Waals surface area contributed by atoms with Gasteiger partial charge >= 0.3 is 0 Å². The molecule has 1 N–H and O–H groups in total. The Hall–Kier alpha value is -1.16. The highest BCUT2D eigenvalue weighted by Gasteiger charge is 2.12. The Morgan fingerprint density at radius 3 is 2.56 bits per heavy atom. The molecule has 2 aromatic rings. The summed E-state index contributed by atoms with van der Waals surface area (Å²) in [5, 5.41) is 3.55. The van der Waals surface area contributed by atoms with Gasteiger partial charge in [0, 0.05) is 9.92 Å². The van der Waals surface area contributed by atoms with Gasteiger partial charge in [0.15, 0.2) is 0 Å². The molecular formula is C13H9Cl2NOS. The van der Waals surface area contributed by atoms with Crippen molar-refractivity contribution in [3.05, 3.63) is 58.1 Å². The van der Waals surface area contributed by atoms with Gasteiger partial charge in [0.05, 0.1) is 16.3 Å². The zero-order chi connectivity index (χ0) is 13.1. The van der Waals surface area contributed by atoms with Gasteiger partial charge in [-0.15, -0.1) is 12.6 Å². The van der Waals surface area contributed by atoms with Crippen molar-refractivity contribution in [3.63, 3.8) is 0 Å². The molecule has 5 heteroatoms. The van der Waals surface area contributed by atoms with Crippen molar-refractivity contribution >= 4 is 47.4 Å². The average Bonchev–Trinajstić information content (AvgIpc) is 2.35. The summed E-state index contributed by atoms with van der Waals surface area (Å²) in [7, 11) is 0. The van der Waals surface area contributed by atoms with E-state index in [1.165, 1.54) is 6.07 Å². The van der Waals surface area contributed by atoms with Crippen LogP contribution in [0.2, 0.25) is 10.0 Å². The molecule has 0 bridgehead atoms. The van der Waals surface area contributed by atoms with E-state index in [2.05, 4.69) is 17.9 Å². The normalized spacial score (nSPS) is 10.2. The van der Waals surface area contributed by atoms with Crippen LogP contribution in [0.25, 0.3) is 0 Å². The lowest BCUT2D eigenvalue weighted by Crippen LogP contribution is -2.12. The van der Waals surface area contributed by atoms with Crippen LogP contribution in [0.4, 0.5) is 5.69 Å². The first-order chi connectivity index (χ1) is 8.58. The van der Waals surface area contributed by atoms with Gasteiger partial charge in [0.25, 0.3) is 5.91 Å². The second kappa shape index (κ2) is 5.65. The van der Waals surface area contributed by atoms with E-state index in [0.29, 0.717) is 26.2 Å². The fraction of sp³-hybridized carbons (Fsp3) is 0. The van der Waals surface area contributed by atoms with Crippen LogP contribution in [0.3, 0.4) is 0 Å². The van der Waals surface area contributed by atoms with Gasteiger partial charge in [-0.3, -0.25) is 4.79 Å². The minimum Gasteiger partial charge on any atom is -0.321 e. The molecule has 0 aromatic heterocycles. The summed E-state index contributed by atoms with van der Waals surface area (Å²) in [6.07, 6.45) is 0. The molecule has 2 nitrogen and oxygen atoms in total. The summed E-state index contributed by atoms with van der Waals surface area (Å²) in [6, 6.07) is 12.0. The summed E-state index contributed by atoms with van der Waals surface area (Å²) in [4.78, 5) is 12.7. The maximum Gasteiger partial charge on any atom is 0.257 e. The summed E-state index contributed by atoms with van der Waals surface area (Å²) in [5.41, 5.74) is 0.961. The van der Waals surface area contributed by atoms with E-state index in [-0.39, 0.29) is 5.91 Å². The number of thiol groups is 1. The van der Waals surface area contributed by atoms with Crippen molar-refractivity contribution < 1.29 is 4.79 Å². The molecule has 0 atom stereocenters. The number of benzene rings is 2. The van der Waals surface area contributed by atoms with Gasteiger partial charge in [0.2, 0.25) is 0 Å². The first-order valence-electron chi connectivity index (χ1n) is 5.12. The van der Waals surface area contributed by atoms with Crippen molar-refractivity contribution in [2.45, 2.75) is 4.90 Å². The van der Waals surface area contributed by atoms with Crippen LogP contribution < -0.4 is 5.32 Å². The predicted octanol–water partition coefficient (Wildman–Crippen LogP) is 4.53. The van der Waals surface area contributed by atoms with E-state index in [4.69, 9.17) is 23.2 Å². The number of carbonyl (C=O) groups is 1. The number of rotatable bonds is 2. The number of amides is 1. The van der Waals surface area contributed by atoms with E-state index >= 15 is 0 Å². The molecule has 0 aliphatic heterocycles. The number of nitrogens with one attached hydrogen (secondary N) is 1. The highest BCUT2D eigenvalue weighted by Crippen LogP contribution is 2.24. The molecule has 1 amide bonds. The van der Waals surface area contributed by atoms with E-state index in [1.54, 1.807) is 24.3 Å². The van der Waals surface area contributed by atoms with Gasteiger partial charge in [0.1, 0.15) is 0 Å². The quantitative estimate of drug-likeness (QED) is 0.783. The second-order valence-corrected chi connectivity index (χ2v) is 4.92. The van der Waals surface area contributed by atoms with Gasteiger partial charge in [-0.1, -0.05) is 35.3 Å². The Kier molecular flexibility index (Phi) is 4.17. The lowest BCUT2D eigenvalue weighted by molar-refractivity contribution is 0.102. The number of para-hydroxylation sites is 1. The molecule has 0 saturated heterocycles. The highest BCUT2D eigenvalue weighted by atomic mass is 35.5. The van der Waals surface area contributed by atoms with E-state index in [1.807, 2.05) is 12.1 Å². The number of halogens is 2. The van der Waals surface area contributed by atoms with E-state index < -0.39 is 0 Å². The zero-order valence-electron chi connectivity index (χ0n) is 9.15. The van der Waals surface area contributed by atoms with Gasteiger partial charge in [-0.05, 0) is 30.3 Å². The Morgan fingerprint density at radius 2 is 1.83 bits per heavy atom. The molecule has 92 valence electrons. The van der Waals surface area contributed by atoms with Gasteiger partial charge < -0.3 is 5.32 Å². The smallest absolute Gasteiger partial charge is 0.257 e. The Morgan fingerprint density at radius 1 is 1.11 bits per heavy atom. The van der Waals surface area contributed by atoms with Crippen molar-refractivity contribution in [2.24, 2.45) is 0 Å². The number of carbonyl (C=O) groups excluding carboxylic acids is 1. The molecule has 0 aliphatic rings. The summed E-state index contributed by atoms with van der Waals surface area (Å²) >= 11 is 16.1. The van der Waals surface area contributed by atoms with E-state index in [9.17, 15) is 4.79 Å². The zero-order valence-corrected chi connectivity index (χ0v) is 11.6. The van der Waals surface area contributed by atoms with Crippen LogP contribution in [-0.4, -0.2) is 5.91 Å². The molecular weight excluding hydrogens is 289 g/mol. The molecule has 0 fully saturated rings. The van der Waals surface area contributed by atoms with Crippen LogP contribution in [0.15, 0.2) is 47.4 Å². The number of hydrogen-bond acceptors (Lipinski definition) is 2. The van der Waals surface area contributed by atoms with Crippen LogP contribution in [0.5, 0.6) is 0 Å². The van der Waals surface area contributed by atoms with Crippen molar-refractivity contribution in [2.75, 3.05) is 5.32 Å². The summed E-state index contributed by atoms with van der Waals surface area (Å²) in [6.45, 7) is 0. The van der Waals surface area contributed by atoms with Crippen LogP contribution in [0.1, 0.15) is 10.4 Å². The van der Waals surface area contributed by atoms with Crippen molar-refractivity contribution in [1.82, 2.24) is 0 Å². The first-order valence-corrected chi connectivity index (χ1v) is 6.32. The van der Waals surface area contributed by atoms with Crippen molar-refractivity contribution in [3.8, 4) is 0 Å². The van der Waals surface area contributed by atoms with Crippen molar-refractivity contribution in [1.29, 1.82) is 0 Å². The summed E-state index contributed by atoms with van der Waals surface area (Å²) < 4.78 is 0. The first kappa shape index (κ1) is 13.3. The molecule has 0 unspecified atom stereocenters. The molecule has 0 heterocycles. The number of hydrogen-bond donors (Lipinski definition) is 2. The van der Waals surface area contributed by atoms with Gasteiger partial charge in [-0.2, -0.15) is 0 Å². The minimum absolute atomic E-state index is 0.316. The number of anilines is 1. The molecule has 2 aromatic carbocycles. The fourth-order valence-electron chi connectivity index (χ4n) is 1.44. The molecule has 0 saturated carbocycles. The highest BCUT2D eigenvalue weighted by molar-refractivity contribution is 7.80. The lowest BCUT2D eigenvalue weighted by Gasteiger charge is -2.08. The Balaban J connectivity index is 2.28. The third kappa shape index (κ3) is 2.99. The molecule has 0 radical (unpaired) electrons. The van der Waals surface area contributed by atoms with Crippen LogP contribution in [-0.2, 0) is 0 Å². The molecule has 2 rings (SSSR count). The maximum atomic E-state index is 12.1. The van der Waals surface area contributed by atoms with Crippen LogP contribution >= 0.6 is 35.8 Å². The topological polar surface area (TPSA) is 29.1 Å². The predicted molar refractivity (Wildman–Crippen MR) is 78.1 cm³/mol. The Labute approximate surface area is 120 Å². The van der Waals surface area contributed by atoms with Crippen LogP contribution in [0, 0.1) is 0 Å². The second-order valence-electron chi connectivity index (χ2n) is 3.60. The minimum atomic E-state index is -0.316. The molecule has 0 aliphatic carbocycles. The monoisotopic (exact) mass is 297 g/mol. The molecule has 18 heavy (non-hydrogen) atoms. The molecule has 0 spiro atoms. The maximum absolute atomic E-state index is 12.1. The third-order valence-electron chi connectivity index (χ3n) is 2.33. The largest absolute Gasteiger partial charge is 0.321 e. The third-order valence-corrected chi connectivity index (χ3v) is 3.28. The Bertz CT molecular complexity index is 601. The summed E-state index contributed by atoms with van der Waals surface area (Å²) in [5.74, 6) is -0.316.